The van der Waals surface area contributed by atoms with Crippen molar-refractivity contribution in [3.63, 3.8) is 0 Å². The second-order valence-electron chi connectivity index (χ2n) is 5.03. The summed E-state index contributed by atoms with van der Waals surface area (Å²) >= 11 is 0. The molecule has 0 atom stereocenters. The fourth-order valence-electron chi connectivity index (χ4n) is 2.16. The number of rotatable bonds is 3. The lowest BCUT2D eigenvalue weighted by Gasteiger charge is -2.08. The molecule has 3 aromatic rings. The van der Waals surface area contributed by atoms with Crippen LogP contribution in [-0.2, 0) is 6.18 Å². The van der Waals surface area contributed by atoms with E-state index in [0.29, 0.717) is 11.5 Å². The molecule has 0 aliphatic rings. The summed E-state index contributed by atoms with van der Waals surface area (Å²) in [5.74, 6) is 0.773. The fraction of sp³-hybridized carbons (Fsp3) is 0.118. The Morgan fingerprint density at radius 1 is 0.957 bits per heavy atom. The highest BCUT2D eigenvalue weighted by molar-refractivity contribution is 5.41. The Morgan fingerprint density at radius 2 is 1.65 bits per heavy atom. The number of nitrogens with zero attached hydrogens (tertiary/aromatic N) is 2. The van der Waals surface area contributed by atoms with Crippen molar-refractivity contribution in [3.05, 3.63) is 72.1 Å². The Bertz CT molecular complexity index is 807. The maximum atomic E-state index is 12.5. The van der Waals surface area contributed by atoms with E-state index in [0.717, 1.165) is 23.4 Å². The molecule has 0 N–H and O–H groups in total. The van der Waals surface area contributed by atoms with Gasteiger partial charge in [0.05, 0.1) is 23.6 Å². The van der Waals surface area contributed by atoms with Crippen LogP contribution in [-0.4, -0.2) is 9.78 Å². The van der Waals surface area contributed by atoms with Gasteiger partial charge in [0, 0.05) is 0 Å². The van der Waals surface area contributed by atoms with E-state index >= 15 is 0 Å². The molecule has 118 valence electrons. The van der Waals surface area contributed by atoms with E-state index in [1.54, 1.807) is 10.9 Å². The first kappa shape index (κ1) is 15.1. The molecule has 23 heavy (non-hydrogen) atoms. The molecule has 1 aromatic heterocycles. The van der Waals surface area contributed by atoms with E-state index in [9.17, 15) is 13.2 Å². The Labute approximate surface area is 130 Å². The number of hydrogen-bond acceptors (Lipinski definition) is 2. The molecule has 0 unspecified atom stereocenters. The Kier molecular flexibility index (Phi) is 3.82. The van der Waals surface area contributed by atoms with Gasteiger partial charge in [0.2, 0.25) is 0 Å². The van der Waals surface area contributed by atoms with Crippen LogP contribution in [0, 0.1) is 6.92 Å². The van der Waals surface area contributed by atoms with Gasteiger partial charge < -0.3 is 4.74 Å². The lowest BCUT2D eigenvalue weighted by Crippen LogP contribution is -2.03. The Hall–Kier alpha value is -2.76. The van der Waals surface area contributed by atoms with Gasteiger partial charge in [-0.15, -0.1) is 0 Å². The van der Waals surface area contributed by atoms with Crippen molar-refractivity contribution >= 4 is 0 Å². The monoisotopic (exact) mass is 318 g/mol. The van der Waals surface area contributed by atoms with Gasteiger partial charge in [-0.3, -0.25) is 0 Å². The second kappa shape index (κ2) is 5.79. The predicted octanol–water partition coefficient (Wildman–Crippen LogP) is 4.99. The fourth-order valence-corrected chi connectivity index (χ4v) is 2.16. The normalized spacial score (nSPS) is 11.5. The van der Waals surface area contributed by atoms with Crippen molar-refractivity contribution in [2.24, 2.45) is 0 Å². The maximum absolute atomic E-state index is 12.5. The molecule has 0 bridgehead atoms. The molecule has 0 saturated heterocycles. The zero-order chi connectivity index (χ0) is 16.4. The van der Waals surface area contributed by atoms with Gasteiger partial charge in [-0.25, -0.2) is 4.68 Å². The number of halogens is 3. The summed E-state index contributed by atoms with van der Waals surface area (Å²) < 4.78 is 44.8. The third kappa shape index (κ3) is 3.36. The standard InChI is InChI=1S/C17H13F3N2O/c1-12-4-2-3-5-16(12)22-11-15(10-21-22)23-14-8-6-13(7-9-14)17(18,19)20/h2-11H,1H3. The van der Waals surface area contributed by atoms with E-state index in [4.69, 9.17) is 4.74 Å². The van der Waals surface area contributed by atoms with Crippen LogP contribution < -0.4 is 4.74 Å². The smallest absolute Gasteiger partial charge is 0.416 e. The van der Waals surface area contributed by atoms with Gasteiger partial charge in [0.15, 0.2) is 5.75 Å². The number of ether oxygens (including phenoxy) is 1. The molecule has 3 rings (SSSR count). The molecule has 6 heteroatoms. The number of para-hydroxylation sites is 1. The summed E-state index contributed by atoms with van der Waals surface area (Å²) in [4.78, 5) is 0. The van der Waals surface area contributed by atoms with Crippen LogP contribution in [0.1, 0.15) is 11.1 Å². The largest absolute Gasteiger partial charge is 0.454 e. The number of benzene rings is 2. The molecule has 0 fully saturated rings. The van der Waals surface area contributed by atoms with Crippen molar-refractivity contribution in [1.82, 2.24) is 9.78 Å². The lowest BCUT2D eigenvalue weighted by atomic mass is 10.2. The van der Waals surface area contributed by atoms with Crippen LogP contribution >= 0.6 is 0 Å². The molecule has 3 nitrogen and oxygen atoms in total. The van der Waals surface area contributed by atoms with Gasteiger partial charge in [-0.2, -0.15) is 18.3 Å². The lowest BCUT2D eigenvalue weighted by molar-refractivity contribution is -0.137. The summed E-state index contributed by atoms with van der Waals surface area (Å²) in [6, 6.07) is 12.3. The second-order valence-corrected chi connectivity index (χ2v) is 5.03. The predicted molar refractivity (Wildman–Crippen MR) is 79.8 cm³/mol. The highest BCUT2D eigenvalue weighted by Crippen LogP contribution is 2.31. The Morgan fingerprint density at radius 3 is 2.30 bits per heavy atom. The van der Waals surface area contributed by atoms with Crippen LogP contribution in [0.3, 0.4) is 0 Å². The van der Waals surface area contributed by atoms with Crippen LogP contribution in [0.5, 0.6) is 11.5 Å². The number of aromatic nitrogens is 2. The van der Waals surface area contributed by atoms with Crippen LogP contribution in [0.25, 0.3) is 5.69 Å². The minimum absolute atomic E-state index is 0.322. The van der Waals surface area contributed by atoms with Crippen LogP contribution in [0.15, 0.2) is 60.9 Å². The average Bonchev–Trinajstić information content (AvgIpc) is 2.95. The minimum Gasteiger partial charge on any atom is -0.454 e. The van der Waals surface area contributed by atoms with Crippen LogP contribution in [0.4, 0.5) is 13.2 Å². The summed E-state index contributed by atoms with van der Waals surface area (Å²) in [5, 5.41) is 4.21. The molecule has 0 aliphatic heterocycles. The summed E-state index contributed by atoms with van der Waals surface area (Å²) in [6.07, 6.45) is -1.15. The molecule has 0 radical (unpaired) electrons. The third-order valence-electron chi connectivity index (χ3n) is 3.34. The van der Waals surface area contributed by atoms with Crippen molar-refractivity contribution in [3.8, 4) is 17.2 Å². The number of aryl methyl sites for hydroxylation is 1. The van der Waals surface area contributed by atoms with E-state index < -0.39 is 11.7 Å². The van der Waals surface area contributed by atoms with E-state index in [2.05, 4.69) is 5.10 Å². The van der Waals surface area contributed by atoms with Gasteiger partial charge in [-0.05, 0) is 42.8 Å². The van der Waals surface area contributed by atoms with E-state index in [-0.39, 0.29) is 0 Å². The highest BCUT2D eigenvalue weighted by Gasteiger charge is 2.30. The van der Waals surface area contributed by atoms with Gasteiger partial charge in [-0.1, -0.05) is 18.2 Å². The average molecular weight is 318 g/mol. The third-order valence-corrected chi connectivity index (χ3v) is 3.34. The van der Waals surface area contributed by atoms with E-state index in [1.807, 2.05) is 31.2 Å². The van der Waals surface area contributed by atoms with Crippen LogP contribution in [0.2, 0.25) is 0 Å². The molecule has 0 aliphatic carbocycles. The first-order chi connectivity index (χ1) is 10.9. The first-order valence-corrected chi connectivity index (χ1v) is 6.89. The molecule has 1 heterocycles. The molecular formula is C17H13F3N2O. The van der Waals surface area contributed by atoms with E-state index in [1.165, 1.54) is 18.3 Å². The van der Waals surface area contributed by atoms with Gasteiger partial charge >= 0.3 is 6.18 Å². The molecule has 0 saturated carbocycles. The van der Waals surface area contributed by atoms with Crippen molar-refractivity contribution in [2.75, 3.05) is 0 Å². The minimum atomic E-state index is -4.35. The first-order valence-electron chi connectivity index (χ1n) is 6.89. The SMILES string of the molecule is Cc1ccccc1-n1cc(Oc2ccc(C(F)(F)F)cc2)cn1. The molecular weight excluding hydrogens is 305 g/mol. The number of hydrogen-bond donors (Lipinski definition) is 0. The van der Waals surface area contributed by atoms with Crippen molar-refractivity contribution in [2.45, 2.75) is 13.1 Å². The van der Waals surface area contributed by atoms with Crippen molar-refractivity contribution in [1.29, 1.82) is 0 Å². The maximum Gasteiger partial charge on any atom is 0.416 e. The number of alkyl halides is 3. The molecule has 0 spiro atoms. The zero-order valence-electron chi connectivity index (χ0n) is 12.2. The highest BCUT2D eigenvalue weighted by atomic mass is 19.4. The molecule has 0 amide bonds. The summed E-state index contributed by atoms with van der Waals surface area (Å²) in [6.45, 7) is 1.97. The van der Waals surface area contributed by atoms with Crippen molar-refractivity contribution < 1.29 is 17.9 Å². The summed E-state index contributed by atoms with van der Waals surface area (Å²) in [5.41, 5.74) is 1.26. The van der Waals surface area contributed by atoms with Gasteiger partial charge in [0.25, 0.3) is 0 Å². The summed E-state index contributed by atoms with van der Waals surface area (Å²) in [7, 11) is 0. The Balaban J connectivity index is 1.78. The topological polar surface area (TPSA) is 27.1 Å². The quantitative estimate of drug-likeness (QED) is 0.680. The molecule has 2 aromatic carbocycles. The zero-order valence-corrected chi connectivity index (χ0v) is 12.2. The van der Waals surface area contributed by atoms with Gasteiger partial charge in [0.1, 0.15) is 5.75 Å².